The summed E-state index contributed by atoms with van der Waals surface area (Å²) in [7, 11) is 0. The van der Waals surface area contributed by atoms with E-state index in [0.717, 1.165) is 42.2 Å². The average Bonchev–Trinajstić information content (AvgIpc) is 3.19. The van der Waals surface area contributed by atoms with Crippen LogP contribution in [0.5, 0.6) is 0 Å². The normalized spacial score (nSPS) is 15.3. The van der Waals surface area contributed by atoms with Gasteiger partial charge in [-0.2, -0.15) is 5.26 Å². The van der Waals surface area contributed by atoms with Gasteiger partial charge in [-0.3, -0.25) is 14.9 Å². The van der Waals surface area contributed by atoms with E-state index in [1.165, 1.54) is 23.5 Å². The van der Waals surface area contributed by atoms with E-state index in [1.54, 1.807) is 0 Å². The molecule has 2 aliphatic rings. The molecule has 1 aliphatic carbocycles. The number of morpholine rings is 1. The molecule has 0 spiro atoms. The molecule has 172 valence electrons. The Morgan fingerprint density at radius 3 is 2.76 bits per heavy atom. The van der Waals surface area contributed by atoms with Gasteiger partial charge in [-0.15, -0.1) is 11.3 Å². The van der Waals surface area contributed by atoms with E-state index in [1.807, 2.05) is 4.90 Å². The molecule has 1 fully saturated rings. The lowest BCUT2D eigenvalue weighted by Gasteiger charge is -2.30. The molecule has 0 radical (unpaired) electrons. The van der Waals surface area contributed by atoms with E-state index in [9.17, 15) is 25.0 Å². The first-order valence-corrected chi connectivity index (χ1v) is 11.4. The Morgan fingerprint density at radius 1 is 1.27 bits per heavy atom. The van der Waals surface area contributed by atoms with E-state index in [0.29, 0.717) is 42.6 Å². The fourth-order valence-corrected chi connectivity index (χ4v) is 5.28. The van der Waals surface area contributed by atoms with E-state index in [2.05, 4.69) is 11.4 Å². The molecule has 4 rings (SSSR count). The van der Waals surface area contributed by atoms with Crippen molar-refractivity contribution in [1.82, 2.24) is 0 Å². The number of amides is 1. The number of aryl methyl sites for hydroxylation is 1. The molecule has 2 heterocycles. The van der Waals surface area contributed by atoms with Gasteiger partial charge in [-0.05, 0) is 37.3 Å². The van der Waals surface area contributed by atoms with Crippen molar-refractivity contribution in [3.63, 3.8) is 0 Å². The Bertz CT molecular complexity index is 1130. The maximum absolute atomic E-state index is 12.8. The molecule has 1 amide bonds. The molecule has 1 aromatic heterocycles. The maximum atomic E-state index is 12.8. The number of nitriles is 1. The second-order valence-corrected chi connectivity index (χ2v) is 8.81. The molecule has 33 heavy (non-hydrogen) atoms. The standard InChI is InChI=1S/C22H22N4O6S/c23-12-17-15-3-1-2-4-19(15)33-21(17)24-20(27)13-32-22(28)16-11-14(26(29)30)5-6-18(16)25-7-9-31-10-8-25/h5-6,11H,1-4,7-10,13H2,(H,24,27). The lowest BCUT2D eigenvalue weighted by Crippen LogP contribution is -2.37. The quantitative estimate of drug-likeness (QED) is 0.387. The number of fused-ring (bicyclic) bond motifs is 1. The van der Waals surface area contributed by atoms with Crippen LogP contribution in [0.3, 0.4) is 0 Å². The molecule has 2 aromatic rings. The molecule has 1 aliphatic heterocycles. The lowest BCUT2D eigenvalue weighted by atomic mass is 9.96. The number of esters is 1. The number of anilines is 2. The van der Waals surface area contributed by atoms with Crippen LogP contribution in [0.1, 0.15) is 39.2 Å². The third-order valence-electron chi connectivity index (χ3n) is 5.63. The van der Waals surface area contributed by atoms with Gasteiger partial charge >= 0.3 is 5.97 Å². The predicted octanol–water partition coefficient (Wildman–Crippen LogP) is 3.04. The molecule has 1 aromatic carbocycles. The largest absolute Gasteiger partial charge is 0.452 e. The van der Waals surface area contributed by atoms with Gasteiger partial charge in [0, 0.05) is 30.1 Å². The summed E-state index contributed by atoms with van der Waals surface area (Å²) < 4.78 is 10.5. The number of benzene rings is 1. The van der Waals surface area contributed by atoms with Crippen molar-refractivity contribution in [2.75, 3.05) is 43.1 Å². The van der Waals surface area contributed by atoms with Crippen molar-refractivity contribution < 1.29 is 24.0 Å². The number of rotatable bonds is 6. The summed E-state index contributed by atoms with van der Waals surface area (Å²) in [5.74, 6) is -1.40. The topological polar surface area (TPSA) is 135 Å². The van der Waals surface area contributed by atoms with Crippen LogP contribution in [-0.4, -0.2) is 49.7 Å². The number of hydrogen-bond acceptors (Lipinski definition) is 9. The van der Waals surface area contributed by atoms with Crippen LogP contribution < -0.4 is 10.2 Å². The zero-order chi connectivity index (χ0) is 23.4. The van der Waals surface area contributed by atoms with Gasteiger partial charge in [0.2, 0.25) is 0 Å². The highest BCUT2D eigenvalue weighted by molar-refractivity contribution is 7.16. The van der Waals surface area contributed by atoms with Crippen molar-refractivity contribution in [3.05, 3.63) is 49.9 Å². The van der Waals surface area contributed by atoms with Crippen LogP contribution in [0.15, 0.2) is 18.2 Å². The van der Waals surface area contributed by atoms with Gasteiger partial charge in [0.25, 0.3) is 11.6 Å². The van der Waals surface area contributed by atoms with E-state index >= 15 is 0 Å². The van der Waals surface area contributed by atoms with Crippen molar-refractivity contribution in [1.29, 1.82) is 5.26 Å². The zero-order valence-electron chi connectivity index (χ0n) is 17.8. The zero-order valence-corrected chi connectivity index (χ0v) is 18.6. The van der Waals surface area contributed by atoms with Gasteiger partial charge < -0.3 is 19.7 Å². The number of nitrogens with zero attached hydrogens (tertiary/aromatic N) is 3. The van der Waals surface area contributed by atoms with Crippen LogP contribution in [0.4, 0.5) is 16.4 Å². The highest BCUT2D eigenvalue weighted by Crippen LogP contribution is 2.37. The Labute approximate surface area is 193 Å². The first-order chi connectivity index (χ1) is 16.0. The number of carbonyl (C=O) groups is 2. The number of nitro benzene ring substituents is 1. The predicted molar refractivity (Wildman–Crippen MR) is 121 cm³/mol. The van der Waals surface area contributed by atoms with Crippen molar-refractivity contribution in [2.45, 2.75) is 25.7 Å². The fourth-order valence-electron chi connectivity index (χ4n) is 4.02. The molecule has 0 atom stereocenters. The third-order valence-corrected chi connectivity index (χ3v) is 6.84. The minimum Gasteiger partial charge on any atom is -0.452 e. The van der Waals surface area contributed by atoms with Crippen molar-refractivity contribution >= 4 is 39.6 Å². The van der Waals surface area contributed by atoms with Crippen molar-refractivity contribution in [3.8, 4) is 6.07 Å². The first kappa shape index (κ1) is 22.7. The summed E-state index contributed by atoms with van der Waals surface area (Å²) in [5, 5.41) is 23.9. The van der Waals surface area contributed by atoms with Crippen molar-refractivity contribution in [2.24, 2.45) is 0 Å². The molecule has 0 saturated carbocycles. The summed E-state index contributed by atoms with van der Waals surface area (Å²) in [6, 6.07) is 6.17. The molecular weight excluding hydrogens is 448 g/mol. The summed E-state index contributed by atoms with van der Waals surface area (Å²) in [5.41, 5.74) is 1.73. The Balaban J connectivity index is 1.47. The monoisotopic (exact) mass is 470 g/mol. The van der Waals surface area contributed by atoms with Crippen LogP contribution >= 0.6 is 11.3 Å². The number of thiophene rings is 1. The highest BCUT2D eigenvalue weighted by Gasteiger charge is 2.25. The molecule has 1 saturated heterocycles. The van der Waals surface area contributed by atoms with Gasteiger partial charge in [0.05, 0.1) is 35.0 Å². The number of nitrogens with one attached hydrogen (secondary N) is 1. The van der Waals surface area contributed by atoms with Crippen LogP contribution in [-0.2, 0) is 27.1 Å². The average molecular weight is 471 g/mol. The number of nitro groups is 1. The lowest BCUT2D eigenvalue weighted by molar-refractivity contribution is -0.384. The van der Waals surface area contributed by atoms with Gasteiger partial charge in [0.15, 0.2) is 6.61 Å². The summed E-state index contributed by atoms with van der Waals surface area (Å²) in [4.78, 5) is 38.9. The summed E-state index contributed by atoms with van der Waals surface area (Å²) in [6.45, 7) is 1.43. The van der Waals surface area contributed by atoms with E-state index in [4.69, 9.17) is 9.47 Å². The van der Waals surface area contributed by atoms with Gasteiger partial charge in [-0.25, -0.2) is 4.79 Å². The minimum absolute atomic E-state index is 0.0169. The number of non-ortho nitro benzene ring substituents is 1. The van der Waals surface area contributed by atoms with E-state index in [-0.39, 0.29) is 11.3 Å². The Kier molecular flexibility index (Phi) is 6.86. The van der Waals surface area contributed by atoms with Gasteiger partial charge in [0.1, 0.15) is 11.1 Å². The Morgan fingerprint density at radius 2 is 2.03 bits per heavy atom. The van der Waals surface area contributed by atoms with Gasteiger partial charge in [-0.1, -0.05) is 0 Å². The number of ether oxygens (including phenoxy) is 2. The SMILES string of the molecule is N#Cc1c(NC(=O)COC(=O)c2cc([N+](=O)[O-])ccc2N2CCOCC2)sc2c1CCCC2. The fraction of sp³-hybridized carbons (Fsp3) is 0.409. The second-order valence-electron chi connectivity index (χ2n) is 7.71. The molecule has 11 heteroatoms. The minimum atomic E-state index is -0.832. The van der Waals surface area contributed by atoms with Crippen LogP contribution in [0.2, 0.25) is 0 Å². The molecule has 1 N–H and O–H groups in total. The maximum Gasteiger partial charge on any atom is 0.341 e. The van der Waals surface area contributed by atoms with E-state index < -0.39 is 23.4 Å². The third kappa shape index (κ3) is 4.97. The smallest absolute Gasteiger partial charge is 0.341 e. The molecule has 0 unspecified atom stereocenters. The molecule has 0 bridgehead atoms. The first-order valence-electron chi connectivity index (χ1n) is 10.6. The summed E-state index contributed by atoms with van der Waals surface area (Å²) >= 11 is 1.38. The number of carbonyl (C=O) groups excluding carboxylic acids is 2. The Hall–Kier alpha value is -3.49. The highest BCUT2D eigenvalue weighted by atomic mass is 32.1. The molecule has 10 nitrogen and oxygen atoms in total. The summed E-state index contributed by atoms with van der Waals surface area (Å²) in [6.07, 6.45) is 3.77. The molecular formula is C22H22N4O6S. The van der Waals surface area contributed by atoms with Crippen LogP contribution in [0.25, 0.3) is 0 Å². The van der Waals surface area contributed by atoms with Crippen LogP contribution in [0, 0.1) is 21.4 Å². The number of hydrogen-bond donors (Lipinski definition) is 1. The second kappa shape index (κ2) is 9.97.